The van der Waals surface area contributed by atoms with Crippen molar-refractivity contribution in [1.82, 2.24) is 14.8 Å². The zero-order chi connectivity index (χ0) is 13.7. The predicted molar refractivity (Wildman–Crippen MR) is 77.6 cm³/mol. The van der Waals surface area contributed by atoms with E-state index in [-0.39, 0.29) is 6.04 Å². The lowest BCUT2D eigenvalue weighted by atomic mass is 9.84. The number of para-hydroxylation sites is 1. The minimum atomic E-state index is 0.250. The molecule has 2 saturated carbocycles. The van der Waals surface area contributed by atoms with Crippen LogP contribution in [0.1, 0.15) is 36.8 Å². The normalized spacial score (nSPS) is 31.9. The van der Waals surface area contributed by atoms with E-state index in [4.69, 9.17) is 5.73 Å². The summed E-state index contributed by atoms with van der Waals surface area (Å²) >= 11 is 0. The van der Waals surface area contributed by atoms with Crippen LogP contribution in [0.3, 0.4) is 0 Å². The molecule has 20 heavy (non-hydrogen) atoms. The average Bonchev–Trinajstić information content (AvgIpc) is 3.14. The summed E-state index contributed by atoms with van der Waals surface area (Å²) < 4.78 is 2.19. The van der Waals surface area contributed by atoms with Crippen molar-refractivity contribution in [2.45, 2.75) is 38.1 Å². The Morgan fingerprint density at radius 3 is 2.55 bits per heavy atom. The first-order valence-corrected chi connectivity index (χ1v) is 7.48. The Labute approximate surface area is 119 Å². The van der Waals surface area contributed by atoms with E-state index in [0.29, 0.717) is 17.8 Å². The molecule has 0 saturated heterocycles. The summed E-state index contributed by atoms with van der Waals surface area (Å²) in [7, 11) is 0. The second kappa shape index (κ2) is 4.42. The zero-order valence-electron chi connectivity index (χ0n) is 11.7. The molecule has 104 valence electrons. The van der Waals surface area contributed by atoms with Gasteiger partial charge in [0.05, 0.1) is 0 Å². The number of nitrogens with two attached hydrogens (primary N) is 1. The van der Waals surface area contributed by atoms with Crippen molar-refractivity contribution in [2.75, 3.05) is 0 Å². The Bertz CT molecular complexity index is 617. The highest BCUT2D eigenvalue weighted by Crippen LogP contribution is 2.51. The quantitative estimate of drug-likeness (QED) is 0.910. The first-order chi connectivity index (χ1) is 9.75. The summed E-state index contributed by atoms with van der Waals surface area (Å²) in [5.41, 5.74) is 7.61. The summed E-state index contributed by atoms with van der Waals surface area (Å²) in [6, 6.07) is 10.6. The molecule has 1 aromatic carbocycles. The molecule has 2 bridgehead atoms. The van der Waals surface area contributed by atoms with Crippen molar-refractivity contribution in [3.8, 4) is 5.69 Å². The molecule has 0 spiro atoms. The smallest absolute Gasteiger partial charge is 0.142 e. The summed E-state index contributed by atoms with van der Waals surface area (Å²) in [5.74, 6) is 3.76. The summed E-state index contributed by atoms with van der Waals surface area (Å²) in [6.07, 6.45) is 3.86. The van der Waals surface area contributed by atoms with Crippen LogP contribution in [0.25, 0.3) is 5.69 Å². The molecule has 2 fully saturated rings. The molecular weight excluding hydrogens is 248 g/mol. The molecule has 2 N–H and O–H groups in total. The molecule has 0 aliphatic heterocycles. The van der Waals surface area contributed by atoms with Crippen LogP contribution in [0.2, 0.25) is 0 Å². The van der Waals surface area contributed by atoms with Gasteiger partial charge < -0.3 is 5.73 Å². The number of aromatic nitrogens is 3. The second-order valence-electron chi connectivity index (χ2n) is 6.21. The van der Waals surface area contributed by atoms with Gasteiger partial charge in [0.15, 0.2) is 0 Å². The third kappa shape index (κ3) is 1.64. The van der Waals surface area contributed by atoms with Crippen LogP contribution < -0.4 is 5.73 Å². The number of hydrogen-bond acceptors (Lipinski definition) is 3. The van der Waals surface area contributed by atoms with Gasteiger partial charge in [0.2, 0.25) is 0 Å². The summed E-state index contributed by atoms with van der Waals surface area (Å²) in [6.45, 7) is 2.02. The molecule has 4 nitrogen and oxygen atoms in total. The standard InChI is InChI=1S/C16H20N4/c1-10-18-19-16(20(10)13-5-3-2-4-6-13)14-11-7-8-12(9-11)15(14)17/h2-6,11-12,14-15H,7-9,17H2,1H3. The maximum absolute atomic E-state index is 6.47. The van der Waals surface area contributed by atoms with Gasteiger partial charge >= 0.3 is 0 Å². The first-order valence-electron chi connectivity index (χ1n) is 7.48. The monoisotopic (exact) mass is 268 g/mol. The van der Waals surface area contributed by atoms with E-state index in [0.717, 1.165) is 17.3 Å². The molecule has 1 heterocycles. The van der Waals surface area contributed by atoms with Crippen LogP contribution in [-0.2, 0) is 0 Å². The maximum Gasteiger partial charge on any atom is 0.142 e. The Morgan fingerprint density at radius 2 is 1.85 bits per heavy atom. The average molecular weight is 268 g/mol. The highest BCUT2D eigenvalue weighted by molar-refractivity contribution is 5.35. The maximum atomic E-state index is 6.47. The van der Waals surface area contributed by atoms with Crippen molar-refractivity contribution in [1.29, 1.82) is 0 Å². The van der Waals surface area contributed by atoms with E-state index in [1.807, 2.05) is 13.0 Å². The number of rotatable bonds is 2. The fourth-order valence-electron chi connectivity index (χ4n) is 4.21. The van der Waals surface area contributed by atoms with Crippen molar-refractivity contribution in [3.05, 3.63) is 42.0 Å². The molecular formula is C16H20N4. The second-order valence-corrected chi connectivity index (χ2v) is 6.21. The minimum Gasteiger partial charge on any atom is -0.327 e. The SMILES string of the molecule is Cc1nnc(C2C3CCC(C3)C2N)n1-c1ccccc1. The van der Waals surface area contributed by atoms with E-state index in [2.05, 4.69) is 39.0 Å². The topological polar surface area (TPSA) is 56.7 Å². The minimum absolute atomic E-state index is 0.250. The number of aryl methyl sites for hydroxylation is 1. The van der Waals surface area contributed by atoms with Crippen LogP contribution in [0, 0.1) is 18.8 Å². The van der Waals surface area contributed by atoms with E-state index in [9.17, 15) is 0 Å². The van der Waals surface area contributed by atoms with E-state index < -0.39 is 0 Å². The molecule has 4 unspecified atom stereocenters. The van der Waals surface area contributed by atoms with Crippen LogP contribution in [0.5, 0.6) is 0 Å². The van der Waals surface area contributed by atoms with E-state index >= 15 is 0 Å². The van der Waals surface area contributed by atoms with E-state index in [1.165, 1.54) is 19.3 Å². The Hall–Kier alpha value is -1.68. The molecule has 1 aromatic heterocycles. The van der Waals surface area contributed by atoms with Gasteiger partial charge in [0.25, 0.3) is 0 Å². The van der Waals surface area contributed by atoms with Crippen LogP contribution in [0.15, 0.2) is 30.3 Å². The zero-order valence-corrected chi connectivity index (χ0v) is 11.7. The molecule has 2 aliphatic carbocycles. The number of fused-ring (bicyclic) bond motifs is 2. The third-order valence-electron chi connectivity index (χ3n) is 5.14. The van der Waals surface area contributed by atoms with Crippen molar-refractivity contribution in [3.63, 3.8) is 0 Å². The lowest BCUT2D eigenvalue weighted by Crippen LogP contribution is -2.35. The van der Waals surface area contributed by atoms with Gasteiger partial charge in [0.1, 0.15) is 11.6 Å². The summed E-state index contributed by atoms with van der Waals surface area (Å²) in [4.78, 5) is 0. The number of hydrogen-bond donors (Lipinski definition) is 1. The van der Waals surface area contributed by atoms with Gasteiger partial charge in [-0.2, -0.15) is 0 Å². The molecule has 2 aromatic rings. The third-order valence-corrected chi connectivity index (χ3v) is 5.14. The lowest BCUT2D eigenvalue weighted by Gasteiger charge is -2.27. The lowest BCUT2D eigenvalue weighted by molar-refractivity contribution is 0.351. The molecule has 4 heteroatoms. The Kier molecular flexibility index (Phi) is 2.67. The Balaban J connectivity index is 1.80. The largest absolute Gasteiger partial charge is 0.327 e. The molecule has 2 aliphatic rings. The highest BCUT2D eigenvalue weighted by atomic mass is 15.3. The molecule has 4 rings (SSSR count). The number of nitrogens with zero attached hydrogens (tertiary/aromatic N) is 3. The fraction of sp³-hybridized carbons (Fsp3) is 0.500. The van der Waals surface area contributed by atoms with Crippen molar-refractivity contribution in [2.24, 2.45) is 17.6 Å². The highest BCUT2D eigenvalue weighted by Gasteiger charge is 2.48. The van der Waals surface area contributed by atoms with Gasteiger partial charge in [-0.3, -0.25) is 4.57 Å². The van der Waals surface area contributed by atoms with Crippen LogP contribution in [-0.4, -0.2) is 20.8 Å². The predicted octanol–water partition coefficient (Wildman–Crippen LogP) is 2.42. The van der Waals surface area contributed by atoms with Crippen LogP contribution in [0.4, 0.5) is 0 Å². The van der Waals surface area contributed by atoms with E-state index in [1.54, 1.807) is 0 Å². The van der Waals surface area contributed by atoms with Crippen LogP contribution >= 0.6 is 0 Å². The van der Waals surface area contributed by atoms with Crippen molar-refractivity contribution >= 4 is 0 Å². The van der Waals surface area contributed by atoms with Gasteiger partial charge in [0, 0.05) is 17.6 Å². The van der Waals surface area contributed by atoms with Crippen molar-refractivity contribution < 1.29 is 0 Å². The Morgan fingerprint density at radius 1 is 1.10 bits per heavy atom. The number of benzene rings is 1. The first kappa shape index (κ1) is 12.1. The van der Waals surface area contributed by atoms with Gasteiger partial charge in [-0.15, -0.1) is 10.2 Å². The van der Waals surface area contributed by atoms with Gasteiger partial charge in [-0.05, 0) is 50.2 Å². The summed E-state index contributed by atoms with van der Waals surface area (Å²) in [5, 5.41) is 8.79. The molecule has 0 radical (unpaired) electrons. The molecule has 0 amide bonds. The van der Waals surface area contributed by atoms with Gasteiger partial charge in [-0.25, -0.2) is 0 Å². The fourth-order valence-corrected chi connectivity index (χ4v) is 4.21. The van der Waals surface area contributed by atoms with Gasteiger partial charge in [-0.1, -0.05) is 18.2 Å². The molecule has 4 atom stereocenters.